The quantitative estimate of drug-likeness (QED) is 0.824. The van der Waals surface area contributed by atoms with Crippen molar-refractivity contribution in [3.05, 3.63) is 71.0 Å². The van der Waals surface area contributed by atoms with Crippen LogP contribution in [0.3, 0.4) is 0 Å². The maximum absolute atomic E-state index is 13.2. The fourth-order valence-electron chi connectivity index (χ4n) is 2.73. The smallest absolute Gasteiger partial charge is 0.211 e. The van der Waals surface area contributed by atoms with Crippen molar-refractivity contribution in [2.24, 2.45) is 0 Å². The van der Waals surface area contributed by atoms with E-state index in [1.165, 1.54) is 12.1 Å². The van der Waals surface area contributed by atoms with Crippen LogP contribution in [0.1, 0.15) is 23.7 Å². The predicted octanol–water partition coefficient (Wildman–Crippen LogP) is 4.47. The summed E-state index contributed by atoms with van der Waals surface area (Å²) < 4.78 is 13.2. The highest BCUT2D eigenvalue weighted by Gasteiger charge is 2.23. The molecule has 118 valence electrons. The summed E-state index contributed by atoms with van der Waals surface area (Å²) in [5.74, 6) is -0.308. The van der Waals surface area contributed by atoms with E-state index in [1.807, 2.05) is 12.1 Å². The number of halogens is 2. The van der Waals surface area contributed by atoms with E-state index in [4.69, 9.17) is 11.6 Å². The summed E-state index contributed by atoms with van der Waals surface area (Å²) in [6, 6.07) is 11.7. The molecule has 3 nitrogen and oxygen atoms in total. The Labute approximate surface area is 139 Å². The summed E-state index contributed by atoms with van der Waals surface area (Å²) in [6.45, 7) is 4.60. The van der Waals surface area contributed by atoms with Crippen LogP contribution in [0.15, 0.2) is 49.0 Å². The number of hydrogen-bond donors (Lipinski definition) is 1. The van der Waals surface area contributed by atoms with E-state index in [0.717, 1.165) is 28.8 Å². The van der Waals surface area contributed by atoms with Gasteiger partial charge in [-0.05, 0) is 47.9 Å². The van der Waals surface area contributed by atoms with Crippen molar-refractivity contribution in [1.29, 1.82) is 0 Å². The van der Waals surface area contributed by atoms with Crippen LogP contribution in [0.2, 0.25) is 5.02 Å². The van der Waals surface area contributed by atoms with Gasteiger partial charge in [-0.15, -0.1) is 0 Å². The minimum atomic E-state index is -0.374. The molecule has 2 aromatic carbocycles. The molecule has 1 N–H and O–H groups in total. The van der Waals surface area contributed by atoms with E-state index >= 15 is 0 Å². The Morgan fingerprint density at radius 2 is 2.00 bits per heavy atom. The normalized spacial score (nSPS) is 17.7. The second-order valence-electron chi connectivity index (χ2n) is 5.49. The van der Waals surface area contributed by atoms with Crippen LogP contribution in [0.25, 0.3) is 5.57 Å². The van der Waals surface area contributed by atoms with Gasteiger partial charge >= 0.3 is 0 Å². The number of nitrogens with one attached hydrogen (secondary N) is 1. The van der Waals surface area contributed by atoms with Crippen molar-refractivity contribution in [2.45, 2.75) is 12.6 Å². The maximum atomic E-state index is 13.2. The average Bonchev–Trinajstić information content (AvgIpc) is 2.54. The number of nitrogens with zero attached hydrogens (tertiary/aromatic N) is 1. The summed E-state index contributed by atoms with van der Waals surface area (Å²) in [5.41, 5.74) is 3.52. The minimum absolute atomic E-state index is 0.308. The number of benzene rings is 2. The van der Waals surface area contributed by atoms with Crippen LogP contribution in [0.4, 0.5) is 10.1 Å². The van der Waals surface area contributed by atoms with E-state index in [0.29, 0.717) is 18.0 Å². The van der Waals surface area contributed by atoms with Crippen LogP contribution < -0.4 is 5.32 Å². The lowest BCUT2D eigenvalue weighted by molar-refractivity contribution is -0.119. The predicted molar refractivity (Wildman–Crippen MR) is 90.6 cm³/mol. The lowest BCUT2D eigenvalue weighted by atomic mass is 9.99. The summed E-state index contributed by atoms with van der Waals surface area (Å²) in [7, 11) is 0. The van der Waals surface area contributed by atoms with Gasteiger partial charge in [0, 0.05) is 22.8 Å². The molecule has 3 rings (SSSR count). The largest absolute Gasteiger partial charge is 0.361 e. The minimum Gasteiger partial charge on any atom is -0.361 e. The zero-order valence-electron chi connectivity index (χ0n) is 12.4. The van der Waals surface area contributed by atoms with Gasteiger partial charge in [0.05, 0.1) is 0 Å². The zero-order valence-corrected chi connectivity index (χ0v) is 13.2. The second kappa shape index (κ2) is 6.42. The molecule has 0 spiro atoms. The SMILES string of the molecule is C=C1CCN(C=O)C(c2ccc(F)cc2)Nc2ccc(Cl)cc21. The number of anilines is 1. The van der Waals surface area contributed by atoms with Crippen LogP contribution in [-0.2, 0) is 4.79 Å². The van der Waals surface area contributed by atoms with Crippen LogP contribution in [0.5, 0.6) is 0 Å². The maximum Gasteiger partial charge on any atom is 0.211 e. The third-order valence-electron chi connectivity index (χ3n) is 3.98. The Bertz CT molecular complexity index is 745. The molecule has 0 saturated carbocycles. The van der Waals surface area contributed by atoms with E-state index in [-0.39, 0.29) is 12.0 Å². The Kier molecular flexibility index (Phi) is 4.35. The highest BCUT2D eigenvalue weighted by Crippen LogP contribution is 2.34. The lowest BCUT2D eigenvalue weighted by Crippen LogP contribution is -2.35. The molecule has 1 amide bonds. The molecule has 1 atom stereocenters. The van der Waals surface area contributed by atoms with Crippen molar-refractivity contribution < 1.29 is 9.18 Å². The van der Waals surface area contributed by atoms with Gasteiger partial charge in [-0.2, -0.15) is 0 Å². The molecule has 5 heteroatoms. The summed E-state index contributed by atoms with van der Waals surface area (Å²) >= 11 is 6.09. The Balaban J connectivity index is 2.04. The summed E-state index contributed by atoms with van der Waals surface area (Å²) in [6.07, 6.45) is 1.07. The molecule has 0 aromatic heterocycles. The van der Waals surface area contributed by atoms with Gasteiger partial charge in [-0.1, -0.05) is 30.3 Å². The number of rotatable bonds is 2. The molecule has 1 aliphatic heterocycles. The van der Waals surface area contributed by atoms with Crippen molar-refractivity contribution in [2.75, 3.05) is 11.9 Å². The molecule has 0 aliphatic carbocycles. The van der Waals surface area contributed by atoms with E-state index in [9.17, 15) is 9.18 Å². The first-order valence-corrected chi connectivity index (χ1v) is 7.67. The first-order chi connectivity index (χ1) is 11.1. The van der Waals surface area contributed by atoms with E-state index in [2.05, 4.69) is 11.9 Å². The van der Waals surface area contributed by atoms with Gasteiger partial charge in [0.15, 0.2) is 0 Å². The highest BCUT2D eigenvalue weighted by molar-refractivity contribution is 6.30. The van der Waals surface area contributed by atoms with Crippen LogP contribution in [0, 0.1) is 5.82 Å². The summed E-state index contributed by atoms with van der Waals surface area (Å²) in [5, 5.41) is 3.98. The van der Waals surface area contributed by atoms with Gasteiger partial charge in [0.1, 0.15) is 12.0 Å². The summed E-state index contributed by atoms with van der Waals surface area (Å²) in [4.78, 5) is 13.2. The molecule has 1 heterocycles. The van der Waals surface area contributed by atoms with Crippen molar-refractivity contribution in [1.82, 2.24) is 4.90 Å². The molecule has 1 unspecified atom stereocenters. The number of carbonyl (C=O) groups excluding carboxylic acids is 1. The van der Waals surface area contributed by atoms with Crippen molar-refractivity contribution in [3.8, 4) is 0 Å². The molecule has 0 bridgehead atoms. The van der Waals surface area contributed by atoms with Gasteiger partial charge in [-0.25, -0.2) is 4.39 Å². The number of carbonyl (C=O) groups is 1. The first-order valence-electron chi connectivity index (χ1n) is 7.29. The van der Waals surface area contributed by atoms with Gasteiger partial charge in [0.25, 0.3) is 0 Å². The molecule has 2 aromatic rings. The van der Waals surface area contributed by atoms with Gasteiger partial charge < -0.3 is 10.2 Å². The number of hydrogen-bond acceptors (Lipinski definition) is 2. The van der Waals surface area contributed by atoms with Gasteiger partial charge in [0.2, 0.25) is 6.41 Å². The van der Waals surface area contributed by atoms with E-state index < -0.39 is 0 Å². The van der Waals surface area contributed by atoms with E-state index in [1.54, 1.807) is 23.1 Å². The highest BCUT2D eigenvalue weighted by atomic mass is 35.5. The number of amides is 1. The zero-order chi connectivity index (χ0) is 16.4. The second-order valence-corrected chi connectivity index (χ2v) is 5.92. The molecular weight excluding hydrogens is 315 g/mol. The average molecular weight is 331 g/mol. The molecule has 23 heavy (non-hydrogen) atoms. The first kappa shape index (κ1) is 15.6. The molecule has 1 aliphatic rings. The molecule has 0 saturated heterocycles. The number of fused-ring (bicyclic) bond motifs is 1. The standard InChI is InChI=1S/C18H16ClFN2O/c1-12-8-9-22(11-23)18(13-2-5-15(20)6-3-13)21-17-7-4-14(19)10-16(12)17/h2-7,10-11,18,21H,1,8-9H2. The fraction of sp³-hybridized carbons (Fsp3) is 0.167. The van der Waals surface area contributed by atoms with Crippen molar-refractivity contribution in [3.63, 3.8) is 0 Å². The third-order valence-corrected chi connectivity index (χ3v) is 4.21. The lowest BCUT2D eigenvalue weighted by Gasteiger charge is -2.33. The third kappa shape index (κ3) is 3.22. The van der Waals surface area contributed by atoms with Gasteiger partial charge in [-0.3, -0.25) is 4.79 Å². The topological polar surface area (TPSA) is 32.3 Å². The molecule has 0 radical (unpaired) electrons. The Hall–Kier alpha value is -2.33. The van der Waals surface area contributed by atoms with Crippen molar-refractivity contribution >= 4 is 29.3 Å². The monoisotopic (exact) mass is 330 g/mol. The Morgan fingerprint density at radius 1 is 1.26 bits per heavy atom. The fourth-order valence-corrected chi connectivity index (χ4v) is 2.90. The van der Waals surface area contributed by atoms with Crippen LogP contribution in [-0.4, -0.2) is 17.9 Å². The molecule has 0 fully saturated rings. The molecular formula is C18H16ClFN2O. The van der Waals surface area contributed by atoms with Crippen LogP contribution >= 0.6 is 11.6 Å². The Morgan fingerprint density at radius 3 is 2.70 bits per heavy atom.